The smallest absolute Gasteiger partial charge is 0.317 e. The van der Waals surface area contributed by atoms with Gasteiger partial charge in [0, 0.05) is 19.6 Å². The second-order valence-corrected chi connectivity index (χ2v) is 6.43. The lowest BCUT2D eigenvalue weighted by molar-refractivity contribution is -0.143. The summed E-state index contributed by atoms with van der Waals surface area (Å²) in [6.07, 6.45) is 2.44. The number of piperidine rings is 1. The number of nitrogens with one attached hydrogen (secondary N) is 1. The van der Waals surface area contributed by atoms with E-state index in [9.17, 15) is 9.59 Å². The molecular weight excluding hydrogens is 292 g/mol. The van der Waals surface area contributed by atoms with Crippen molar-refractivity contribution >= 4 is 12.0 Å². The summed E-state index contributed by atoms with van der Waals surface area (Å²) in [6.45, 7) is 5.61. The van der Waals surface area contributed by atoms with E-state index in [4.69, 9.17) is 5.11 Å². The fourth-order valence-electron chi connectivity index (χ4n) is 3.06. The van der Waals surface area contributed by atoms with Gasteiger partial charge in [-0.3, -0.25) is 4.79 Å². The van der Waals surface area contributed by atoms with E-state index in [0.29, 0.717) is 26.1 Å². The van der Waals surface area contributed by atoms with Crippen LogP contribution in [-0.2, 0) is 17.6 Å². The fourth-order valence-corrected chi connectivity index (χ4v) is 3.06. The predicted octanol–water partition coefficient (Wildman–Crippen LogP) is 2.54. The maximum atomic E-state index is 12.2. The highest BCUT2D eigenvalue weighted by Crippen LogP contribution is 2.21. The molecule has 0 aliphatic carbocycles. The van der Waals surface area contributed by atoms with Crippen molar-refractivity contribution in [2.24, 2.45) is 11.8 Å². The number of urea groups is 1. The minimum absolute atomic E-state index is 0.159. The summed E-state index contributed by atoms with van der Waals surface area (Å²) >= 11 is 0. The minimum Gasteiger partial charge on any atom is -0.481 e. The molecule has 5 heteroatoms. The van der Waals surface area contributed by atoms with Gasteiger partial charge in [-0.2, -0.15) is 0 Å². The van der Waals surface area contributed by atoms with Crippen molar-refractivity contribution in [2.45, 2.75) is 33.1 Å². The van der Waals surface area contributed by atoms with Crippen LogP contribution < -0.4 is 5.32 Å². The number of hydrogen-bond donors (Lipinski definition) is 2. The highest BCUT2D eigenvalue weighted by Gasteiger charge is 2.31. The van der Waals surface area contributed by atoms with Gasteiger partial charge in [0.2, 0.25) is 0 Å². The van der Waals surface area contributed by atoms with Crippen LogP contribution in [0.5, 0.6) is 0 Å². The van der Waals surface area contributed by atoms with Gasteiger partial charge in [0.05, 0.1) is 5.92 Å². The maximum Gasteiger partial charge on any atom is 0.317 e. The fraction of sp³-hybridized carbons (Fsp3) is 0.556. The average Bonchev–Trinajstić information content (AvgIpc) is 2.54. The Morgan fingerprint density at radius 2 is 1.87 bits per heavy atom. The van der Waals surface area contributed by atoms with Crippen LogP contribution in [0.3, 0.4) is 0 Å². The Kier molecular flexibility index (Phi) is 6.02. The van der Waals surface area contributed by atoms with Crippen molar-refractivity contribution < 1.29 is 14.7 Å². The maximum absolute atomic E-state index is 12.2. The van der Waals surface area contributed by atoms with Gasteiger partial charge in [-0.25, -0.2) is 4.79 Å². The molecule has 0 bridgehead atoms. The van der Waals surface area contributed by atoms with E-state index in [0.717, 1.165) is 12.8 Å². The normalized spacial score (nSPS) is 21.0. The van der Waals surface area contributed by atoms with Gasteiger partial charge in [0.15, 0.2) is 0 Å². The molecule has 1 saturated heterocycles. The lowest BCUT2D eigenvalue weighted by Crippen LogP contribution is -2.49. The molecule has 1 fully saturated rings. The zero-order valence-electron chi connectivity index (χ0n) is 13.9. The van der Waals surface area contributed by atoms with Crippen molar-refractivity contribution in [3.8, 4) is 0 Å². The topological polar surface area (TPSA) is 69.6 Å². The van der Waals surface area contributed by atoms with Crippen LogP contribution in [0.25, 0.3) is 0 Å². The molecule has 1 aliphatic heterocycles. The molecule has 1 aromatic carbocycles. The van der Waals surface area contributed by atoms with Gasteiger partial charge in [-0.1, -0.05) is 38.1 Å². The largest absolute Gasteiger partial charge is 0.481 e. The molecule has 23 heavy (non-hydrogen) atoms. The van der Waals surface area contributed by atoms with E-state index in [2.05, 4.69) is 36.5 Å². The first kappa shape index (κ1) is 17.3. The summed E-state index contributed by atoms with van der Waals surface area (Å²) in [4.78, 5) is 25.0. The van der Waals surface area contributed by atoms with Crippen molar-refractivity contribution in [3.63, 3.8) is 0 Å². The van der Waals surface area contributed by atoms with Gasteiger partial charge in [-0.05, 0) is 36.3 Å². The zero-order chi connectivity index (χ0) is 16.8. The molecule has 1 aliphatic rings. The van der Waals surface area contributed by atoms with Crippen LogP contribution in [0.1, 0.15) is 31.4 Å². The number of nitrogens with zero attached hydrogens (tertiary/aromatic N) is 1. The number of aliphatic carboxylic acids is 1. The summed E-state index contributed by atoms with van der Waals surface area (Å²) in [6, 6.07) is 8.25. The zero-order valence-corrected chi connectivity index (χ0v) is 13.9. The Morgan fingerprint density at radius 3 is 2.48 bits per heavy atom. The monoisotopic (exact) mass is 318 g/mol. The third kappa shape index (κ3) is 4.98. The van der Waals surface area contributed by atoms with Gasteiger partial charge in [-0.15, -0.1) is 0 Å². The molecule has 1 heterocycles. The van der Waals surface area contributed by atoms with Gasteiger partial charge in [0.25, 0.3) is 0 Å². The van der Waals surface area contributed by atoms with Crippen molar-refractivity contribution in [1.82, 2.24) is 10.2 Å². The molecule has 2 unspecified atom stereocenters. The van der Waals surface area contributed by atoms with Crippen LogP contribution in [0, 0.1) is 11.8 Å². The highest BCUT2D eigenvalue weighted by atomic mass is 16.4. The number of carboxylic acids is 1. The lowest BCUT2D eigenvalue weighted by atomic mass is 9.91. The number of carboxylic acid groups (broad SMARTS) is 1. The summed E-state index contributed by atoms with van der Waals surface area (Å²) < 4.78 is 0. The Labute approximate surface area is 137 Å². The third-order valence-corrected chi connectivity index (χ3v) is 4.42. The quantitative estimate of drug-likeness (QED) is 0.876. The SMILES string of the molecule is CCc1ccc(CCNC(=O)N2CC(C)CC(C(=O)O)C2)cc1. The number of benzene rings is 1. The molecule has 2 N–H and O–H groups in total. The van der Waals surface area contributed by atoms with Crippen LogP contribution in [0.4, 0.5) is 4.79 Å². The predicted molar refractivity (Wildman–Crippen MR) is 89.4 cm³/mol. The number of carbonyl (C=O) groups is 2. The number of likely N-dealkylation sites (tertiary alicyclic amines) is 1. The van der Waals surface area contributed by atoms with Gasteiger partial charge < -0.3 is 15.3 Å². The Morgan fingerprint density at radius 1 is 1.22 bits per heavy atom. The van der Waals surface area contributed by atoms with E-state index in [1.165, 1.54) is 11.1 Å². The molecule has 1 aromatic rings. The summed E-state index contributed by atoms with van der Waals surface area (Å²) in [5.74, 6) is -1.05. The number of amides is 2. The molecule has 0 spiro atoms. The molecule has 0 saturated carbocycles. The number of carbonyl (C=O) groups excluding carboxylic acids is 1. The number of hydrogen-bond acceptors (Lipinski definition) is 2. The first-order valence-electron chi connectivity index (χ1n) is 8.33. The van der Waals surface area contributed by atoms with Crippen LogP contribution >= 0.6 is 0 Å². The van der Waals surface area contributed by atoms with Crippen LogP contribution in [0.15, 0.2) is 24.3 Å². The van der Waals surface area contributed by atoms with Crippen LogP contribution in [-0.4, -0.2) is 41.6 Å². The van der Waals surface area contributed by atoms with Crippen LogP contribution in [0.2, 0.25) is 0 Å². The van der Waals surface area contributed by atoms with E-state index < -0.39 is 11.9 Å². The molecule has 0 aromatic heterocycles. The molecule has 2 amide bonds. The molecular formula is C18H26N2O3. The Balaban J connectivity index is 1.80. The molecule has 0 radical (unpaired) electrons. The second kappa shape index (κ2) is 7.99. The first-order chi connectivity index (χ1) is 11.0. The van der Waals surface area contributed by atoms with Crippen molar-refractivity contribution in [1.29, 1.82) is 0 Å². The van der Waals surface area contributed by atoms with E-state index in [-0.39, 0.29) is 11.9 Å². The lowest BCUT2D eigenvalue weighted by Gasteiger charge is -2.34. The first-order valence-corrected chi connectivity index (χ1v) is 8.33. The number of aryl methyl sites for hydroxylation is 1. The molecule has 126 valence electrons. The van der Waals surface area contributed by atoms with Crippen molar-refractivity contribution in [3.05, 3.63) is 35.4 Å². The standard InChI is InChI=1S/C18H26N2O3/c1-3-14-4-6-15(7-5-14)8-9-19-18(23)20-11-13(2)10-16(12-20)17(21)22/h4-7,13,16H,3,8-12H2,1-2H3,(H,19,23)(H,21,22). The highest BCUT2D eigenvalue weighted by molar-refractivity contribution is 5.76. The van der Waals surface area contributed by atoms with Gasteiger partial charge >= 0.3 is 12.0 Å². The van der Waals surface area contributed by atoms with E-state index >= 15 is 0 Å². The Bertz CT molecular complexity index is 542. The second-order valence-electron chi connectivity index (χ2n) is 6.43. The summed E-state index contributed by atoms with van der Waals surface area (Å²) in [7, 11) is 0. The Hall–Kier alpha value is -2.04. The molecule has 2 rings (SSSR count). The minimum atomic E-state index is -0.814. The summed E-state index contributed by atoms with van der Waals surface area (Å²) in [5.41, 5.74) is 2.50. The molecule has 2 atom stereocenters. The number of rotatable bonds is 5. The molecule has 5 nitrogen and oxygen atoms in total. The van der Waals surface area contributed by atoms with E-state index in [1.54, 1.807) is 4.90 Å². The van der Waals surface area contributed by atoms with E-state index in [1.807, 2.05) is 6.92 Å². The third-order valence-electron chi connectivity index (χ3n) is 4.42. The van der Waals surface area contributed by atoms with Crippen molar-refractivity contribution in [2.75, 3.05) is 19.6 Å². The van der Waals surface area contributed by atoms with Gasteiger partial charge in [0.1, 0.15) is 0 Å². The summed E-state index contributed by atoms with van der Waals surface area (Å²) in [5, 5.41) is 12.1. The average molecular weight is 318 g/mol.